The van der Waals surface area contributed by atoms with Gasteiger partial charge in [0.2, 0.25) is 0 Å². The maximum Gasteiger partial charge on any atom is 0.172 e. The van der Waals surface area contributed by atoms with E-state index in [2.05, 4.69) is 34.0 Å². The van der Waals surface area contributed by atoms with Crippen LogP contribution in [0.5, 0.6) is 0 Å². The van der Waals surface area contributed by atoms with Crippen molar-refractivity contribution in [3.05, 3.63) is 57.8 Å². The van der Waals surface area contributed by atoms with E-state index in [1.165, 1.54) is 24.0 Å². The Labute approximate surface area is 142 Å². The topological polar surface area (TPSA) is 43.9 Å². The molecule has 1 fully saturated rings. The number of fused-ring (bicyclic) bond motifs is 4. The number of halogens is 1. The molecule has 0 amide bonds. The highest BCUT2D eigenvalue weighted by Gasteiger charge is 2.51. The summed E-state index contributed by atoms with van der Waals surface area (Å²) in [6.07, 6.45) is 7.51. The van der Waals surface area contributed by atoms with Crippen LogP contribution in [0.15, 0.2) is 39.7 Å². The van der Waals surface area contributed by atoms with Gasteiger partial charge in [-0.2, -0.15) is 5.10 Å². The van der Waals surface area contributed by atoms with Gasteiger partial charge in [-0.15, -0.1) is 0 Å². The maximum absolute atomic E-state index is 5.95. The molecule has 2 aliphatic rings. The number of nitrogens with zero attached hydrogens (tertiary/aromatic N) is 3. The van der Waals surface area contributed by atoms with Crippen LogP contribution in [0.2, 0.25) is 0 Å². The third kappa shape index (κ3) is 1.96. The van der Waals surface area contributed by atoms with Gasteiger partial charge in [-0.05, 0) is 47.8 Å². The highest BCUT2D eigenvalue weighted by molar-refractivity contribution is 9.10. The standard InChI is InChI=1S/C18H16BrN3O/c1-11-15-14(23-17(11)19)8-18(5-6-18)13-10-22(21-16(13)15)9-12-4-2-3-7-20-12/h2-4,7,10H,5-6,8-9H2,1H3. The van der Waals surface area contributed by atoms with Crippen molar-refractivity contribution < 1.29 is 4.42 Å². The second-order valence-electron chi connectivity index (χ2n) is 6.67. The average Bonchev–Trinajstić information content (AvgIpc) is 3.08. The molecule has 5 rings (SSSR count). The van der Waals surface area contributed by atoms with Crippen LogP contribution in [-0.4, -0.2) is 14.8 Å². The Hall–Kier alpha value is -1.88. The smallest absolute Gasteiger partial charge is 0.172 e. The molecule has 0 unspecified atom stereocenters. The molecule has 3 aromatic heterocycles. The molecule has 0 aliphatic heterocycles. The maximum atomic E-state index is 5.95. The van der Waals surface area contributed by atoms with Gasteiger partial charge in [0, 0.05) is 40.9 Å². The molecule has 0 bridgehead atoms. The van der Waals surface area contributed by atoms with Crippen LogP contribution in [-0.2, 0) is 18.4 Å². The van der Waals surface area contributed by atoms with E-state index >= 15 is 0 Å². The fourth-order valence-corrected chi connectivity index (χ4v) is 4.10. The first-order valence-electron chi connectivity index (χ1n) is 7.92. The van der Waals surface area contributed by atoms with Gasteiger partial charge >= 0.3 is 0 Å². The molecule has 3 aromatic rings. The Morgan fingerprint density at radius 2 is 2.22 bits per heavy atom. The summed E-state index contributed by atoms with van der Waals surface area (Å²) in [5.74, 6) is 1.09. The van der Waals surface area contributed by atoms with Gasteiger partial charge in [-0.1, -0.05) is 6.07 Å². The summed E-state index contributed by atoms with van der Waals surface area (Å²) >= 11 is 3.54. The van der Waals surface area contributed by atoms with Crippen LogP contribution in [0.3, 0.4) is 0 Å². The zero-order valence-electron chi connectivity index (χ0n) is 12.8. The van der Waals surface area contributed by atoms with Crippen molar-refractivity contribution >= 4 is 15.9 Å². The number of hydrogen-bond acceptors (Lipinski definition) is 3. The van der Waals surface area contributed by atoms with E-state index in [9.17, 15) is 0 Å². The van der Waals surface area contributed by atoms with Crippen molar-refractivity contribution in [3.63, 3.8) is 0 Å². The molecule has 0 aromatic carbocycles. The van der Waals surface area contributed by atoms with Crippen LogP contribution in [0.25, 0.3) is 11.3 Å². The normalized spacial score (nSPS) is 17.1. The molecule has 0 radical (unpaired) electrons. The van der Waals surface area contributed by atoms with Gasteiger partial charge in [0.15, 0.2) is 4.67 Å². The Balaban J connectivity index is 1.63. The third-order valence-corrected chi connectivity index (χ3v) is 5.89. The molecule has 1 saturated carbocycles. The predicted octanol–water partition coefficient (Wildman–Crippen LogP) is 4.25. The third-order valence-electron chi connectivity index (χ3n) is 5.13. The molecule has 0 atom stereocenters. The minimum Gasteiger partial charge on any atom is -0.453 e. The minimum absolute atomic E-state index is 0.258. The van der Waals surface area contributed by atoms with Crippen molar-refractivity contribution in [2.45, 2.75) is 38.1 Å². The Kier molecular flexibility index (Phi) is 2.69. The summed E-state index contributed by atoms with van der Waals surface area (Å²) in [5, 5.41) is 4.89. The lowest BCUT2D eigenvalue weighted by Crippen LogP contribution is -2.15. The van der Waals surface area contributed by atoms with E-state index in [1.807, 2.05) is 29.1 Å². The van der Waals surface area contributed by atoms with Crippen molar-refractivity contribution in [2.75, 3.05) is 0 Å². The molecule has 0 saturated heterocycles. The van der Waals surface area contributed by atoms with Crippen LogP contribution in [0.4, 0.5) is 0 Å². The van der Waals surface area contributed by atoms with E-state index in [0.717, 1.165) is 33.8 Å². The summed E-state index contributed by atoms with van der Waals surface area (Å²) in [7, 11) is 0. The molecule has 5 heteroatoms. The largest absolute Gasteiger partial charge is 0.453 e. The highest BCUT2D eigenvalue weighted by atomic mass is 79.9. The number of pyridine rings is 1. The molecule has 116 valence electrons. The van der Waals surface area contributed by atoms with Crippen molar-refractivity contribution in [1.29, 1.82) is 0 Å². The van der Waals surface area contributed by atoms with Gasteiger partial charge < -0.3 is 4.42 Å². The number of rotatable bonds is 2. The van der Waals surface area contributed by atoms with Gasteiger partial charge in [0.05, 0.1) is 17.9 Å². The first-order chi connectivity index (χ1) is 11.2. The summed E-state index contributed by atoms with van der Waals surface area (Å²) in [6.45, 7) is 2.80. The second kappa shape index (κ2) is 4.57. The second-order valence-corrected chi connectivity index (χ2v) is 7.39. The lowest BCUT2D eigenvalue weighted by molar-refractivity contribution is 0.459. The minimum atomic E-state index is 0.258. The summed E-state index contributed by atoms with van der Waals surface area (Å²) in [6, 6.07) is 6.00. The van der Waals surface area contributed by atoms with E-state index in [1.54, 1.807) is 0 Å². The van der Waals surface area contributed by atoms with Crippen LogP contribution < -0.4 is 0 Å². The average molecular weight is 370 g/mol. The summed E-state index contributed by atoms with van der Waals surface area (Å²) in [4.78, 5) is 4.41. The number of aromatic nitrogens is 3. The van der Waals surface area contributed by atoms with Crippen molar-refractivity contribution in [3.8, 4) is 11.3 Å². The van der Waals surface area contributed by atoms with Crippen LogP contribution in [0.1, 0.15) is 35.4 Å². The van der Waals surface area contributed by atoms with E-state index < -0.39 is 0 Å². The lowest BCUT2D eigenvalue weighted by Gasteiger charge is -2.19. The van der Waals surface area contributed by atoms with Crippen LogP contribution in [0, 0.1) is 6.92 Å². The zero-order valence-corrected chi connectivity index (χ0v) is 14.4. The Bertz CT molecular complexity index is 906. The molecule has 1 spiro atoms. The van der Waals surface area contributed by atoms with Gasteiger partial charge in [0.25, 0.3) is 0 Å². The number of hydrogen-bond donors (Lipinski definition) is 0. The molecule has 2 aliphatic carbocycles. The van der Waals surface area contributed by atoms with Crippen LogP contribution >= 0.6 is 15.9 Å². The summed E-state index contributed by atoms with van der Waals surface area (Å²) in [5.41, 5.74) is 6.12. The van der Waals surface area contributed by atoms with E-state index in [4.69, 9.17) is 9.52 Å². The van der Waals surface area contributed by atoms with Gasteiger partial charge in [0.1, 0.15) is 5.76 Å². The molecular formula is C18H16BrN3O. The molecule has 0 N–H and O–H groups in total. The molecule has 3 heterocycles. The quantitative estimate of drug-likeness (QED) is 0.678. The fraction of sp³-hybridized carbons (Fsp3) is 0.333. The Morgan fingerprint density at radius 1 is 1.35 bits per heavy atom. The lowest BCUT2D eigenvalue weighted by atomic mass is 9.83. The first-order valence-corrected chi connectivity index (χ1v) is 8.72. The van der Waals surface area contributed by atoms with Crippen molar-refractivity contribution in [1.82, 2.24) is 14.8 Å². The van der Waals surface area contributed by atoms with Crippen molar-refractivity contribution in [2.24, 2.45) is 0 Å². The monoisotopic (exact) mass is 369 g/mol. The zero-order chi connectivity index (χ0) is 15.6. The molecule has 4 nitrogen and oxygen atoms in total. The highest BCUT2D eigenvalue weighted by Crippen LogP contribution is 2.58. The predicted molar refractivity (Wildman–Crippen MR) is 90.3 cm³/mol. The molecular weight excluding hydrogens is 354 g/mol. The van der Waals surface area contributed by atoms with E-state index in [0.29, 0.717) is 6.54 Å². The summed E-state index contributed by atoms with van der Waals surface area (Å²) < 4.78 is 8.82. The Morgan fingerprint density at radius 3 is 2.96 bits per heavy atom. The number of furan rings is 1. The van der Waals surface area contributed by atoms with Gasteiger partial charge in [-0.25, -0.2) is 0 Å². The fourth-order valence-electron chi connectivity index (χ4n) is 3.71. The first kappa shape index (κ1) is 13.5. The van der Waals surface area contributed by atoms with Gasteiger partial charge in [-0.3, -0.25) is 9.67 Å². The SMILES string of the molecule is Cc1c(Br)oc2c1-c1nn(Cc3ccccn3)cc1C1(CC1)C2. The molecule has 23 heavy (non-hydrogen) atoms. The van der Waals surface area contributed by atoms with E-state index in [-0.39, 0.29) is 5.41 Å².